The Labute approximate surface area is 92.5 Å². The Hall–Kier alpha value is -1.30. The Morgan fingerprint density at radius 2 is 2.00 bits per heavy atom. The number of hydrogen-bond acceptors (Lipinski definition) is 5. The first-order chi connectivity index (χ1) is 7.61. The number of aromatic hydroxyl groups is 2. The second-order valence-corrected chi connectivity index (χ2v) is 3.90. The summed E-state index contributed by atoms with van der Waals surface area (Å²) in [5.41, 5.74) is 0.672. The van der Waals surface area contributed by atoms with Crippen molar-refractivity contribution in [3.05, 3.63) is 23.8 Å². The van der Waals surface area contributed by atoms with E-state index < -0.39 is 12.2 Å². The van der Waals surface area contributed by atoms with Crippen LogP contribution >= 0.6 is 0 Å². The van der Waals surface area contributed by atoms with E-state index in [0.29, 0.717) is 12.0 Å². The minimum Gasteiger partial charge on any atom is -0.504 e. The van der Waals surface area contributed by atoms with Crippen molar-refractivity contribution in [3.63, 3.8) is 0 Å². The summed E-state index contributed by atoms with van der Waals surface area (Å²) >= 11 is 0. The van der Waals surface area contributed by atoms with Crippen molar-refractivity contribution in [1.29, 1.82) is 0 Å². The van der Waals surface area contributed by atoms with Gasteiger partial charge in [0.05, 0.1) is 18.8 Å². The molecule has 0 radical (unpaired) electrons. The zero-order valence-corrected chi connectivity index (χ0v) is 8.58. The maximum Gasteiger partial charge on any atom is 0.157 e. The van der Waals surface area contributed by atoms with Crippen LogP contribution in [0.4, 0.5) is 0 Å². The van der Waals surface area contributed by atoms with E-state index in [2.05, 4.69) is 0 Å². The SMILES string of the molecule is OC[C@H]1O[C@@H](c2ccc(O)c(O)c2)C[C@@H]1O. The summed E-state index contributed by atoms with van der Waals surface area (Å²) in [6.45, 7) is -0.234. The number of aliphatic hydroxyl groups excluding tert-OH is 2. The summed E-state index contributed by atoms with van der Waals surface area (Å²) < 4.78 is 5.41. The lowest BCUT2D eigenvalue weighted by atomic mass is 10.0. The van der Waals surface area contributed by atoms with Gasteiger partial charge in [0.2, 0.25) is 0 Å². The van der Waals surface area contributed by atoms with Crippen LogP contribution in [0.1, 0.15) is 18.1 Å². The average molecular weight is 226 g/mol. The minimum absolute atomic E-state index is 0.194. The van der Waals surface area contributed by atoms with Gasteiger partial charge < -0.3 is 25.2 Å². The molecule has 4 N–H and O–H groups in total. The lowest BCUT2D eigenvalue weighted by molar-refractivity contribution is -0.0226. The standard InChI is InChI=1S/C11H14O5/c12-5-11-9(15)4-10(16-11)6-1-2-7(13)8(14)3-6/h1-3,9-15H,4-5H2/t9-,10+,11+/m0/s1. The number of phenolic OH excluding ortho intramolecular Hbond substituents is 2. The molecule has 0 saturated carbocycles. The molecule has 5 heteroatoms. The number of phenols is 2. The number of ether oxygens (including phenoxy) is 1. The fraction of sp³-hybridized carbons (Fsp3) is 0.455. The molecular weight excluding hydrogens is 212 g/mol. The Morgan fingerprint density at radius 3 is 2.56 bits per heavy atom. The molecule has 2 rings (SSSR count). The van der Waals surface area contributed by atoms with Gasteiger partial charge in [-0.3, -0.25) is 0 Å². The van der Waals surface area contributed by atoms with Gasteiger partial charge in [-0.1, -0.05) is 6.07 Å². The third-order valence-electron chi connectivity index (χ3n) is 2.77. The number of rotatable bonds is 2. The van der Waals surface area contributed by atoms with Crippen molar-refractivity contribution in [2.75, 3.05) is 6.61 Å². The lowest BCUT2D eigenvalue weighted by Gasteiger charge is -2.12. The second kappa shape index (κ2) is 4.29. The molecule has 1 aliphatic rings. The highest BCUT2D eigenvalue weighted by atomic mass is 16.5. The summed E-state index contributed by atoms with van der Waals surface area (Å²) in [6, 6.07) is 4.38. The average Bonchev–Trinajstić information content (AvgIpc) is 2.64. The highest BCUT2D eigenvalue weighted by molar-refractivity contribution is 5.41. The zero-order valence-electron chi connectivity index (χ0n) is 8.58. The third kappa shape index (κ3) is 1.97. The molecule has 0 unspecified atom stereocenters. The molecule has 1 fully saturated rings. The van der Waals surface area contributed by atoms with E-state index >= 15 is 0 Å². The molecular formula is C11H14O5. The van der Waals surface area contributed by atoms with E-state index in [1.807, 2.05) is 0 Å². The highest BCUT2D eigenvalue weighted by Crippen LogP contribution is 2.36. The Kier molecular flexibility index (Phi) is 3.00. The van der Waals surface area contributed by atoms with E-state index in [9.17, 15) is 10.2 Å². The highest BCUT2D eigenvalue weighted by Gasteiger charge is 2.34. The van der Waals surface area contributed by atoms with Gasteiger partial charge in [0.15, 0.2) is 11.5 Å². The van der Waals surface area contributed by atoms with Gasteiger partial charge in [-0.25, -0.2) is 0 Å². The zero-order chi connectivity index (χ0) is 11.7. The monoisotopic (exact) mass is 226 g/mol. The Morgan fingerprint density at radius 1 is 1.25 bits per heavy atom. The third-order valence-corrected chi connectivity index (χ3v) is 2.77. The lowest BCUT2D eigenvalue weighted by Crippen LogP contribution is -2.24. The largest absolute Gasteiger partial charge is 0.504 e. The van der Waals surface area contributed by atoms with E-state index in [4.69, 9.17) is 14.9 Å². The smallest absolute Gasteiger partial charge is 0.157 e. The van der Waals surface area contributed by atoms with Gasteiger partial charge in [0, 0.05) is 6.42 Å². The van der Waals surface area contributed by atoms with Crippen LogP contribution in [0.3, 0.4) is 0 Å². The summed E-state index contributed by atoms with van der Waals surface area (Å²) in [7, 11) is 0. The summed E-state index contributed by atoms with van der Waals surface area (Å²) in [4.78, 5) is 0. The molecule has 5 nitrogen and oxygen atoms in total. The van der Waals surface area contributed by atoms with Crippen molar-refractivity contribution < 1.29 is 25.2 Å². The van der Waals surface area contributed by atoms with Gasteiger partial charge >= 0.3 is 0 Å². The first-order valence-electron chi connectivity index (χ1n) is 5.08. The van der Waals surface area contributed by atoms with E-state index in [1.54, 1.807) is 6.07 Å². The van der Waals surface area contributed by atoms with Crippen molar-refractivity contribution >= 4 is 0 Å². The Bertz CT molecular complexity index is 379. The predicted octanol–water partition coefficient (Wildman–Crippen LogP) is 0.281. The summed E-state index contributed by atoms with van der Waals surface area (Å²) in [5.74, 6) is -0.413. The van der Waals surface area contributed by atoms with Crippen LogP contribution in [-0.4, -0.2) is 39.2 Å². The van der Waals surface area contributed by atoms with Gasteiger partial charge in [0.1, 0.15) is 6.10 Å². The molecule has 0 amide bonds. The predicted molar refractivity (Wildman–Crippen MR) is 55.1 cm³/mol. The van der Waals surface area contributed by atoms with E-state index in [-0.39, 0.29) is 24.2 Å². The second-order valence-electron chi connectivity index (χ2n) is 3.90. The summed E-state index contributed by atoms with van der Waals surface area (Å²) in [5, 5.41) is 37.0. The van der Waals surface area contributed by atoms with Crippen LogP contribution in [-0.2, 0) is 4.74 Å². The quantitative estimate of drug-likeness (QED) is 0.544. The first-order valence-corrected chi connectivity index (χ1v) is 5.08. The molecule has 1 aromatic carbocycles. The Balaban J connectivity index is 2.17. The number of hydrogen-bond donors (Lipinski definition) is 4. The molecule has 1 saturated heterocycles. The van der Waals surface area contributed by atoms with Gasteiger partial charge in [-0.2, -0.15) is 0 Å². The molecule has 88 valence electrons. The first kappa shape index (κ1) is 11.2. The summed E-state index contributed by atoms with van der Waals surface area (Å²) in [6.07, 6.45) is -1.28. The number of aliphatic hydroxyl groups is 2. The normalized spacial score (nSPS) is 29.5. The molecule has 0 spiro atoms. The van der Waals surface area contributed by atoms with Crippen molar-refractivity contribution in [2.24, 2.45) is 0 Å². The fourth-order valence-corrected chi connectivity index (χ4v) is 1.85. The fourth-order valence-electron chi connectivity index (χ4n) is 1.85. The molecule has 1 aromatic rings. The maximum absolute atomic E-state index is 9.55. The van der Waals surface area contributed by atoms with Crippen molar-refractivity contribution in [2.45, 2.75) is 24.7 Å². The molecule has 0 bridgehead atoms. The van der Waals surface area contributed by atoms with Crippen LogP contribution in [0.2, 0.25) is 0 Å². The minimum atomic E-state index is -0.703. The number of benzene rings is 1. The van der Waals surface area contributed by atoms with Crippen LogP contribution in [0.25, 0.3) is 0 Å². The molecule has 0 aliphatic carbocycles. The molecule has 1 aliphatic heterocycles. The van der Waals surface area contributed by atoms with Crippen molar-refractivity contribution in [3.8, 4) is 11.5 Å². The van der Waals surface area contributed by atoms with Crippen LogP contribution in [0.5, 0.6) is 11.5 Å². The van der Waals surface area contributed by atoms with Crippen LogP contribution in [0, 0.1) is 0 Å². The molecule has 3 atom stereocenters. The van der Waals surface area contributed by atoms with Gasteiger partial charge in [0.25, 0.3) is 0 Å². The van der Waals surface area contributed by atoms with E-state index in [0.717, 1.165) is 0 Å². The van der Waals surface area contributed by atoms with Gasteiger partial charge in [-0.05, 0) is 17.7 Å². The molecule has 16 heavy (non-hydrogen) atoms. The maximum atomic E-state index is 9.55. The van der Waals surface area contributed by atoms with E-state index in [1.165, 1.54) is 12.1 Å². The topological polar surface area (TPSA) is 90.2 Å². The molecule has 0 aromatic heterocycles. The van der Waals surface area contributed by atoms with Gasteiger partial charge in [-0.15, -0.1) is 0 Å². The molecule has 1 heterocycles. The van der Waals surface area contributed by atoms with Crippen LogP contribution in [0.15, 0.2) is 18.2 Å². The van der Waals surface area contributed by atoms with Crippen molar-refractivity contribution in [1.82, 2.24) is 0 Å². The van der Waals surface area contributed by atoms with Crippen LogP contribution < -0.4 is 0 Å².